The highest BCUT2D eigenvalue weighted by molar-refractivity contribution is 5.99. The molecule has 0 saturated carbocycles. The number of carbonyl (C=O) groups is 1. The zero-order valence-electron chi connectivity index (χ0n) is 13.3. The summed E-state index contributed by atoms with van der Waals surface area (Å²) in [4.78, 5) is 17.0. The van der Waals surface area contributed by atoms with Gasteiger partial charge in [-0.15, -0.1) is 0 Å². The minimum absolute atomic E-state index is 0.0452. The summed E-state index contributed by atoms with van der Waals surface area (Å²) in [6.07, 6.45) is -4.60. The number of ether oxygens (including phenoxy) is 1. The Morgan fingerprint density at radius 2 is 1.79 bits per heavy atom. The number of nitrogens with zero attached hydrogens (tertiary/aromatic N) is 2. The lowest BCUT2D eigenvalue weighted by molar-refractivity contribution is -0.141. The highest BCUT2D eigenvalue weighted by atomic mass is 19.4. The van der Waals surface area contributed by atoms with Crippen LogP contribution >= 0.6 is 0 Å². The Kier molecular flexibility index (Phi) is 4.96. The number of benzene rings is 1. The van der Waals surface area contributed by atoms with Crippen molar-refractivity contribution in [3.8, 4) is 5.75 Å². The topological polar surface area (TPSA) is 54.5 Å². The van der Waals surface area contributed by atoms with Crippen LogP contribution in [0.25, 0.3) is 0 Å². The zero-order chi connectivity index (χ0) is 17.9. The Hall–Kier alpha value is -2.77. The number of halogens is 3. The van der Waals surface area contributed by atoms with Crippen LogP contribution in [0.4, 0.5) is 24.7 Å². The molecule has 0 spiro atoms. The standard InChI is InChI=1S/C16H16F3N3O2/c1-20-15(23)12-8-9-13(16(17,18)19)21-14(12)22(2)10-4-6-11(24-3)7-5-10/h4-9H,1-3H3,(H,20,23). The number of hydrogen-bond donors (Lipinski definition) is 1. The molecule has 1 aromatic carbocycles. The molecule has 0 fully saturated rings. The zero-order valence-corrected chi connectivity index (χ0v) is 13.3. The summed E-state index contributed by atoms with van der Waals surface area (Å²) in [6, 6.07) is 8.56. The second-order valence-corrected chi connectivity index (χ2v) is 4.90. The van der Waals surface area contributed by atoms with E-state index in [2.05, 4.69) is 10.3 Å². The van der Waals surface area contributed by atoms with E-state index in [0.29, 0.717) is 11.4 Å². The van der Waals surface area contributed by atoms with Crippen LogP contribution in [-0.4, -0.2) is 32.1 Å². The molecule has 0 aliphatic heterocycles. The predicted octanol–water partition coefficient (Wildman–Crippen LogP) is 3.24. The van der Waals surface area contributed by atoms with E-state index in [-0.39, 0.29) is 11.4 Å². The first-order valence-corrected chi connectivity index (χ1v) is 6.96. The van der Waals surface area contributed by atoms with Gasteiger partial charge in [0.05, 0.1) is 12.7 Å². The average Bonchev–Trinajstić information content (AvgIpc) is 2.59. The average molecular weight is 339 g/mol. The molecule has 0 radical (unpaired) electrons. The highest BCUT2D eigenvalue weighted by Gasteiger charge is 2.34. The number of alkyl halides is 3. The van der Waals surface area contributed by atoms with Crippen LogP contribution in [0.5, 0.6) is 5.75 Å². The fourth-order valence-corrected chi connectivity index (χ4v) is 2.10. The summed E-state index contributed by atoms with van der Waals surface area (Å²) >= 11 is 0. The molecular weight excluding hydrogens is 323 g/mol. The molecule has 128 valence electrons. The molecule has 24 heavy (non-hydrogen) atoms. The normalized spacial score (nSPS) is 11.1. The smallest absolute Gasteiger partial charge is 0.433 e. The number of aromatic nitrogens is 1. The van der Waals surface area contributed by atoms with Crippen molar-refractivity contribution in [2.24, 2.45) is 0 Å². The van der Waals surface area contributed by atoms with Gasteiger partial charge >= 0.3 is 6.18 Å². The minimum atomic E-state index is -4.60. The maximum absolute atomic E-state index is 12.9. The number of carbonyl (C=O) groups excluding carboxylic acids is 1. The minimum Gasteiger partial charge on any atom is -0.497 e. The molecular formula is C16H16F3N3O2. The maximum atomic E-state index is 12.9. The summed E-state index contributed by atoms with van der Waals surface area (Å²) in [5.74, 6) is -0.00314. The third-order valence-corrected chi connectivity index (χ3v) is 3.41. The lowest BCUT2D eigenvalue weighted by Gasteiger charge is -2.22. The van der Waals surface area contributed by atoms with Crippen molar-refractivity contribution in [1.29, 1.82) is 0 Å². The number of hydrogen-bond acceptors (Lipinski definition) is 4. The van der Waals surface area contributed by atoms with Crippen LogP contribution in [0.3, 0.4) is 0 Å². The Morgan fingerprint density at radius 1 is 1.17 bits per heavy atom. The first-order valence-electron chi connectivity index (χ1n) is 6.96. The fraction of sp³-hybridized carbons (Fsp3) is 0.250. The van der Waals surface area contributed by atoms with Gasteiger partial charge in [-0.05, 0) is 36.4 Å². The summed E-state index contributed by atoms with van der Waals surface area (Å²) < 4.78 is 43.9. The largest absolute Gasteiger partial charge is 0.497 e. The van der Waals surface area contributed by atoms with E-state index in [0.717, 1.165) is 12.1 Å². The summed E-state index contributed by atoms with van der Waals surface area (Å²) in [7, 11) is 4.45. The van der Waals surface area contributed by atoms with Gasteiger partial charge in [-0.3, -0.25) is 4.79 Å². The number of amides is 1. The van der Waals surface area contributed by atoms with E-state index in [1.807, 2.05) is 0 Å². The van der Waals surface area contributed by atoms with Gasteiger partial charge in [0.15, 0.2) is 0 Å². The molecule has 1 amide bonds. The SMILES string of the molecule is CNC(=O)c1ccc(C(F)(F)F)nc1N(C)c1ccc(OC)cc1. The van der Waals surface area contributed by atoms with Crippen LogP contribution in [0, 0.1) is 0 Å². The van der Waals surface area contributed by atoms with E-state index < -0.39 is 17.8 Å². The number of anilines is 2. The van der Waals surface area contributed by atoms with Crippen LogP contribution in [0.2, 0.25) is 0 Å². The fourth-order valence-electron chi connectivity index (χ4n) is 2.10. The molecule has 0 aliphatic rings. The van der Waals surface area contributed by atoms with Gasteiger partial charge in [0.2, 0.25) is 0 Å². The second-order valence-electron chi connectivity index (χ2n) is 4.90. The van der Waals surface area contributed by atoms with Crippen molar-refractivity contribution < 1.29 is 22.7 Å². The summed E-state index contributed by atoms with van der Waals surface area (Å²) in [5, 5.41) is 2.40. The Balaban J connectivity index is 2.52. The lowest BCUT2D eigenvalue weighted by atomic mass is 10.2. The van der Waals surface area contributed by atoms with Gasteiger partial charge < -0.3 is 15.0 Å². The Labute approximate surface area is 137 Å². The van der Waals surface area contributed by atoms with Gasteiger partial charge in [-0.1, -0.05) is 0 Å². The van der Waals surface area contributed by atoms with Gasteiger partial charge in [-0.2, -0.15) is 13.2 Å². The lowest BCUT2D eigenvalue weighted by Crippen LogP contribution is -2.24. The van der Waals surface area contributed by atoms with E-state index in [9.17, 15) is 18.0 Å². The summed E-state index contributed by atoms with van der Waals surface area (Å²) in [6.45, 7) is 0. The van der Waals surface area contributed by atoms with Crippen LogP contribution in [0.1, 0.15) is 16.1 Å². The first-order chi connectivity index (χ1) is 11.3. The van der Waals surface area contributed by atoms with Crippen molar-refractivity contribution in [2.45, 2.75) is 6.18 Å². The van der Waals surface area contributed by atoms with Crippen molar-refractivity contribution in [1.82, 2.24) is 10.3 Å². The molecule has 5 nitrogen and oxygen atoms in total. The molecule has 1 heterocycles. The summed E-state index contributed by atoms with van der Waals surface area (Å²) in [5.41, 5.74) is -0.456. The van der Waals surface area contributed by atoms with Crippen molar-refractivity contribution in [3.63, 3.8) is 0 Å². The molecule has 0 atom stereocenters. The Bertz CT molecular complexity index is 730. The highest BCUT2D eigenvalue weighted by Crippen LogP contribution is 2.32. The van der Waals surface area contributed by atoms with E-state index in [4.69, 9.17) is 4.74 Å². The molecule has 1 N–H and O–H groups in total. The molecule has 2 rings (SSSR count). The number of pyridine rings is 1. The maximum Gasteiger partial charge on any atom is 0.433 e. The third kappa shape index (κ3) is 3.58. The van der Waals surface area contributed by atoms with E-state index in [1.165, 1.54) is 26.1 Å². The quantitative estimate of drug-likeness (QED) is 0.929. The van der Waals surface area contributed by atoms with Crippen LogP contribution in [0.15, 0.2) is 36.4 Å². The van der Waals surface area contributed by atoms with Gasteiger partial charge in [0, 0.05) is 19.8 Å². The van der Waals surface area contributed by atoms with Gasteiger partial charge in [0.1, 0.15) is 17.3 Å². The molecule has 2 aromatic rings. The first kappa shape index (κ1) is 17.6. The molecule has 0 aliphatic carbocycles. The molecule has 8 heteroatoms. The van der Waals surface area contributed by atoms with Crippen molar-refractivity contribution >= 4 is 17.4 Å². The van der Waals surface area contributed by atoms with E-state index in [1.54, 1.807) is 24.3 Å². The predicted molar refractivity (Wildman–Crippen MR) is 83.7 cm³/mol. The van der Waals surface area contributed by atoms with Gasteiger partial charge in [-0.25, -0.2) is 4.98 Å². The van der Waals surface area contributed by atoms with Crippen LogP contribution in [-0.2, 0) is 6.18 Å². The third-order valence-electron chi connectivity index (χ3n) is 3.41. The number of rotatable bonds is 4. The van der Waals surface area contributed by atoms with Crippen molar-refractivity contribution in [2.75, 3.05) is 26.1 Å². The molecule has 0 unspecified atom stereocenters. The number of nitrogens with one attached hydrogen (secondary N) is 1. The van der Waals surface area contributed by atoms with Crippen molar-refractivity contribution in [3.05, 3.63) is 47.7 Å². The molecule has 0 saturated heterocycles. The second kappa shape index (κ2) is 6.77. The Morgan fingerprint density at radius 3 is 2.29 bits per heavy atom. The molecule has 1 aromatic heterocycles. The molecule has 0 bridgehead atoms. The van der Waals surface area contributed by atoms with E-state index >= 15 is 0 Å². The monoisotopic (exact) mass is 339 g/mol. The van der Waals surface area contributed by atoms with Crippen LogP contribution < -0.4 is 15.0 Å². The van der Waals surface area contributed by atoms with Gasteiger partial charge in [0.25, 0.3) is 5.91 Å². The number of methoxy groups -OCH3 is 1.